The summed E-state index contributed by atoms with van der Waals surface area (Å²) in [6.45, 7) is 0. The largest absolute Gasteiger partial charge is 0.457 e. The van der Waals surface area contributed by atoms with E-state index < -0.39 is 41.5 Å². The van der Waals surface area contributed by atoms with Gasteiger partial charge in [0.15, 0.2) is 16.4 Å². The van der Waals surface area contributed by atoms with Crippen LogP contribution in [0.2, 0.25) is 0 Å². The zero-order valence-corrected chi connectivity index (χ0v) is 23.2. The fourth-order valence-electron chi connectivity index (χ4n) is 3.85. The molecule has 214 valence electrons. The van der Waals surface area contributed by atoms with Gasteiger partial charge in [0.1, 0.15) is 39.4 Å². The Balaban J connectivity index is 1.54. The third-order valence-electron chi connectivity index (χ3n) is 5.59. The van der Waals surface area contributed by atoms with Gasteiger partial charge in [0.2, 0.25) is 0 Å². The molecule has 0 saturated carbocycles. The van der Waals surface area contributed by atoms with E-state index in [0.717, 1.165) is 12.1 Å². The highest BCUT2D eigenvalue weighted by Crippen LogP contribution is 2.43. The predicted octanol–water partition coefficient (Wildman–Crippen LogP) is 7.35. The van der Waals surface area contributed by atoms with Gasteiger partial charge in [-0.2, -0.15) is 16.8 Å². The van der Waals surface area contributed by atoms with E-state index in [0.29, 0.717) is 17.2 Å². The first kappa shape index (κ1) is 28.6. The molecule has 5 aromatic rings. The standard InChI is InChI=1S/C30H22O10S2/c31-41(32,33)28-18-17-27(39-25-15-7-13-23(19-25)37-21-9-3-1-4-10-21)30(42(34,35)36)29(28)40-26-16-8-14-24(20-26)38-22-11-5-2-6-12-22/h1-20H,(H,31,32,33)(H,34,35,36). The Morgan fingerprint density at radius 2 is 0.857 bits per heavy atom. The quantitative estimate of drug-likeness (QED) is 0.155. The molecule has 0 bridgehead atoms. The second-order valence-corrected chi connectivity index (χ2v) is 11.4. The molecule has 10 nitrogen and oxygen atoms in total. The van der Waals surface area contributed by atoms with Crippen LogP contribution in [0.4, 0.5) is 0 Å². The fourth-order valence-corrected chi connectivity index (χ4v) is 5.28. The topological polar surface area (TPSA) is 146 Å². The van der Waals surface area contributed by atoms with Gasteiger partial charge >= 0.3 is 10.1 Å². The zero-order valence-electron chi connectivity index (χ0n) is 21.5. The van der Waals surface area contributed by atoms with Crippen molar-refractivity contribution in [3.8, 4) is 46.0 Å². The lowest BCUT2D eigenvalue weighted by atomic mass is 10.3. The molecule has 0 aliphatic heterocycles. The van der Waals surface area contributed by atoms with Crippen molar-refractivity contribution in [2.24, 2.45) is 0 Å². The van der Waals surface area contributed by atoms with E-state index in [4.69, 9.17) is 18.9 Å². The number of hydrogen-bond donors (Lipinski definition) is 2. The Morgan fingerprint density at radius 1 is 0.429 bits per heavy atom. The van der Waals surface area contributed by atoms with E-state index >= 15 is 0 Å². The van der Waals surface area contributed by atoms with Crippen LogP contribution in [0.5, 0.6) is 46.0 Å². The molecule has 0 unspecified atom stereocenters. The van der Waals surface area contributed by atoms with Gasteiger partial charge in [0.05, 0.1) is 0 Å². The van der Waals surface area contributed by atoms with Crippen molar-refractivity contribution in [1.82, 2.24) is 0 Å². The van der Waals surface area contributed by atoms with E-state index in [1.54, 1.807) is 66.7 Å². The minimum Gasteiger partial charge on any atom is -0.457 e. The molecule has 0 spiro atoms. The molecule has 0 atom stereocenters. The van der Waals surface area contributed by atoms with Gasteiger partial charge in [-0.1, -0.05) is 48.5 Å². The Morgan fingerprint density at radius 3 is 1.31 bits per heavy atom. The summed E-state index contributed by atoms with van der Waals surface area (Å²) in [5.74, 6) is 0.350. The fraction of sp³-hybridized carbons (Fsp3) is 0. The van der Waals surface area contributed by atoms with Crippen LogP contribution in [0, 0.1) is 0 Å². The van der Waals surface area contributed by atoms with Crippen LogP contribution in [0.3, 0.4) is 0 Å². The maximum atomic E-state index is 12.6. The maximum Gasteiger partial charge on any atom is 0.302 e. The van der Waals surface area contributed by atoms with Crippen LogP contribution in [0.15, 0.2) is 131 Å². The normalized spacial score (nSPS) is 11.5. The molecule has 0 aromatic heterocycles. The predicted molar refractivity (Wildman–Crippen MR) is 152 cm³/mol. The highest BCUT2D eigenvalue weighted by Gasteiger charge is 2.31. The van der Waals surface area contributed by atoms with E-state index in [1.807, 2.05) is 12.1 Å². The van der Waals surface area contributed by atoms with Crippen molar-refractivity contribution in [1.29, 1.82) is 0 Å². The molecule has 0 amide bonds. The van der Waals surface area contributed by atoms with Gasteiger partial charge in [-0.15, -0.1) is 0 Å². The summed E-state index contributed by atoms with van der Waals surface area (Å²) in [5, 5.41) is 0. The number of benzene rings is 5. The van der Waals surface area contributed by atoms with Crippen molar-refractivity contribution in [3.05, 3.63) is 121 Å². The lowest BCUT2D eigenvalue weighted by Crippen LogP contribution is -2.09. The summed E-state index contributed by atoms with van der Waals surface area (Å²) in [5.41, 5.74) is 0. The molecule has 12 heteroatoms. The zero-order chi connectivity index (χ0) is 29.7. The molecule has 0 saturated heterocycles. The SMILES string of the molecule is O=S(=O)(O)c1ccc(Oc2cccc(Oc3ccccc3)c2)c(S(=O)(=O)O)c1Oc1cccc(Oc2ccccc2)c1. The summed E-state index contributed by atoms with van der Waals surface area (Å²) in [6.07, 6.45) is 0. The highest BCUT2D eigenvalue weighted by molar-refractivity contribution is 7.87. The van der Waals surface area contributed by atoms with Gasteiger partial charge in [0.25, 0.3) is 10.1 Å². The average molecular weight is 607 g/mol. The molecule has 5 rings (SSSR count). The Hall–Kier alpha value is -4.88. The molecule has 0 heterocycles. The molecule has 2 N–H and O–H groups in total. The minimum absolute atomic E-state index is 0.0614. The van der Waals surface area contributed by atoms with Crippen molar-refractivity contribution in [2.75, 3.05) is 0 Å². The van der Waals surface area contributed by atoms with Crippen LogP contribution < -0.4 is 18.9 Å². The summed E-state index contributed by atoms with van der Waals surface area (Å²) in [6, 6.07) is 31.6. The lowest BCUT2D eigenvalue weighted by Gasteiger charge is -2.17. The molecule has 0 fully saturated rings. The summed E-state index contributed by atoms with van der Waals surface area (Å²) in [4.78, 5) is -1.94. The lowest BCUT2D eigenvalue weighted by molar-refractivity contribution is 0.405. The Bertz CT molecular complexity index is 1930. The van der Waals surface area contributed by atoms with Gasteiger partial charge in [-0.25, -0.2) is 0 Å². The van der Waals surface area contributed by atoms with Gasteiger partial charge in [0, 0.05) is 12.1 Å². The van der Waals surface area contributed by atoms with Crippen molar-refractivity contribution >= 4 is 20.2 Å². The summed E-state index contributed by atoms with van der Waals surface area (Å²) < 4.78 is 92.8. The molecule has 0 aliphatic rings. The van der Waals surface area contributed by atoms with Gasteiger partial charge < -0.3 is 18.9 Å². The molecule has 42 heavy (non-hydrogen) atoms. The molecule has 5 aromatic carbocycles. The first-order valence-corrected chi connectivity index (χ1v) is 15.1. The van der Waals surface area contributed by atoms with Crippen molar-refractivity contribution in [3.63, 3.8) is 0 Å². The number of para-hydroxylation sites is 2. The third kappa shape index (κ3) is 7.06. The number of hydrogen-bond acceptors (Lipinski definition) is 8. The number of ether oxygens (including phenoxy) is 4. The third-order valence-corrected chi connectivity index (χ3v) is 7.37. The summed E-state index contributed by atoms with van der Waals surface area (Å²) >= 11 is 0. The van der Waals surface area contributed by atoms with Crippen molar-refractivity contribution < 1.29 is 44.9 Å². The smallest absolute Gasteiger partial charge is 0.302 e. The van der Waals surface area contributed by atoms with Gasteiger partial charge in [-0.3, -0.25) is 9.11 Å². The molecule has 0 aliphatic carbocycles. The maximum absolute atomic E-state index is 12.6. The molecular formula is C30H22O10S2. The van der Waals surface area contributed by atoms with E-state index in [-0.39, 0.29) is 17.2 Å². The van der Waals surface area contributed by atoms with E-state index in [9.17, 15) is 25.9 Å². The number of rotatable bonds is 10. The van der Waals surface area contributed by atoms with Crippen LogP contribution in [0.1, 0.15) is 0 Å². The van der Waals surface area contributed by atoms with Crippen molar-refractivity contribution in [2.45, 2.75) is 9.79 Å². The van der Waals surface area contributed by atoms with E-state index in [1.165, 1.54) is 30.3 Å². The van der Waals surface area contributed by atoms with Crippen LogP contribution in [0.25, 0.3) is 0 Å². The highest BCUT2D eigenvalue weighted by atomic mass is 32.2. The Kier molecular flexibility index (Phi) is 8.13. The van der Waals surface area contributed by atoms with Crippen LogP contribution in [-0.4, -0.2) is 25.9 Å². The monoisotopic (exact) mass is 606 g/mol. The summed E-state index contributed by atoms with van der Waals surface area (Å²) in [7, 11) is -10.2. The van der Waals surface area contributed by atoms with E-state index in [2.05, 4.69) is 0 Å². The first-order valence-electron chi connectivity index (χ1n) is 12.2. The first-order chi connectivity index (χ1) is 20.1. The second kappa shape index (κ2) is 11.9. The second-order valence-electron chi connectivity index (χ2n) is 8.65. The average Bonchev–Trinajstić information content (AvgIpc) is 2.93. The van der Waals surface area contributed by atoms with Crippen LogP contribution >= 0.6 is 0 Å². The Labute approximate surface area is 241 Å². The van der Waals surface area contributed by atoms with Gasteiger partial charge in [-0.05, 0) is 60.7 Å². The molecular weight excluding hydrogens is 584 g/mol. The van der Waals surface area contributed by atoms with Crippen LogP contribution in [-0.2, 0) is 20.2 Å². The molecule has 0 radical (unpaired) electrons. The minimum atomic E-state index is -5.19.